The summed E-state index contributed by atoms with van der Waals surface area (Å²) in [5, 5.41) is 0. The lowest BCUT2D eigenvalue weighted by molar-refractivity contribution is 1.05. The zero-order chi connectivity index (χ0) is 15.2. The van der Waals surface area contributed by atoms with Crippen LogP contribution in [0.15, 0.2) is 46.5 Å². The molecule has 4 nitrogen and oxygen atoms in total. The SMILES string of the molecule is CN=C(C)c1cc(Cc2cccc(C(C)=NC)n2)ccn1. The van der Waals surface area contributed by atoms with E-state index in [9.17, 15) is 0 Å². The average molecular weight is 280 g/mol. The lowest BCUT2D eigenvalue weighted by atomic mass is 10.1. The quantitative estimate of drug-likeness (QED) is 0.808. The highest BCUT2D eigenvalue weighted by Gasteiger charge is 2.04. The van der Waals surface area contributed by atoms with Gasteiger partial charge in [0.05, 0.1) is 22.8 Å². The lowest BCUT2D eigenvalue weighted by Gasteiger charge is -2.06. The summed E-state index contributed by atoms with van der Waals surface area (Å²) in [7, 11) is 3.56. The van der Waals surface area contributed by atoms with Gasteiger partial charge in [-0.3, -0.25) is 20.0 Å². The Hall–Kier alpha value is -2.36. The van der Waals surface area contributed by atoms with Crippen molar-refractivity contribution in [2.24, 2.45) is 9.98 Å². The van der Waals surface area contributed by atoms with Crippen molar-refractivity contribution in [1.29, 1.82) is 0 Å². The van der Waals surface area contributed by atoms with Gasteiger partial charge in [-0.2, -0.15) is 0 Å². The zero-order valence-corrected chi connectivity index (χ0v) is 13.0. The summed E-state index contributed by atoms with van der Waals surface area (Å²) in [6.07, 6.45) is 2.60. The van der Waals surface area contributed by atoms with E-state index in [0.29, 0.717) is 0 Å². The van der Waals surface area contributed by atoms with E-state index in [2.05, 4.69) is 26.0 Å². The standard InChI is InChI=1S/C17H20N4/c1-12(18-3)16-7-5-6-15(21-16)10-14-8-9-20-17(11-14)13(2)19-4/h5-9,11H,10H2,1-4H3. The fourth-order valence-corrected chi connectivity index (χ4v) is 2.00. The molecule has 0 atom stereocenters. The molecule has 0 saturated heterocycles. The number of hydrogen-bond donors (Lipinski definition) is 0. The van der Waals surface area contributed by atoms with Crippen LogP contribution in [0.25, 0.3) is 0 Å². The van der Waals surface area contributed by atoms with Crippen molar-refractivity contribution in [3.05, 3.63) is 59.2 Å². The maximum atomic E-state index is 4.65. The molecule has 108 valence electrons. The highest BCUT2D eigenvalue weighted by Crippen LogP contribution is 2.10. The third-order valence-electron chi connectivity index (χ3n) is 3.43. The Morgan fingerprint density at radius 2 is 1.71 bits per heavy atom. The van der Waals surface area contributed by atoms with Crippen LogP contribution in [0.5, 0.6) is 0 Å². The van der Waals surface area contributed by atoms with Gasteiger partial charge in [-0.25, -0.2) is 0 Å². The van der Waals surface area contributed by atoms with E-state index >= 15 is 0 Å². The van der Waals surface area contributed by atoms with Crippen LogP contribution in [0.3, 0.4) is 0 Å². The maximum Gasteiger partial charge on any atom is 0.0840 e. The Balaban J connectivity index is 2.26. The van der Waals surface area contributed by atoms with Crippen molar-refractivity contribution in [2.45, 2.75) is 20.3 Å². The summed E-state index contributed by atoms with van der Waals surface area (Å²) in [6.45, 7) is 3.93. The topological polar surface area (TPSA) is 50.5 Å². The molecule has 2 aromatic heterocycles. The zero-order valence-electron chi connectivity index (χ0n) is 13.0. The molecule has 0 spiro atoms. The van der Waals surface area contributed by atoms with Crippen LogP contribution < -0.4 is 0 Å². The predicted molar refractivity (Wildman–Crippen MR) is 87.6 cm³/mol. The number of hydrogen-bond acceptors (Lipinski definition) is 4. The third-order valence-corrected chi connectivity index (χ3v) is 3.43. The van der Waals surface area contributed by atoms with Crippen LogP contribution in [0.4, 0.5) is 0 Å². The molecule has 0 aliphatic heterocycles. The van der Waals surface area contributed by atoms with Crippen LogP contribution in [0, 0.1) is 0 Å². The van der Waals surface area contributed by atoms with Gasteiger partial charge >= 0.3 is 0 Å². The van der Waals surface area contributed by atoms with Gasteiger partial charge < -0.3 is 0 Å². The van der Waals surface area contributed by atoms with Crippen molar-refractivity contribution in [3.8, 4) is 0 Å². The normalized spacial score (nSPS) is 12.6. The van der Waals surface area contributed by atoms with Crippen molar-refractivity contribution in [1.82, 2.24) is 9.97 Å². The van der Waals surface area contributed by atoms with Gasteiger partial charge in [0, 0.05) is 32.4 Å². The number of pyridine rings is 2. The Morgan fingerprint density at radius 1 is 1.00 bits per heavy atom. The van der Waals surface area contributed by atoms with Gasteiger partial charge in [0.25, 0.3) is 0 Å². The molecule has 0 amide bonds. The maximum absolute atomic E-state index is 4.65. The van der Waals surface area contributed by atoms with Gasteiger partial charge in [-0.15, -0.1) is 0 Å². The molecule has 0 radical (unpaired) electrons. The van der Waals surface area contributed by atoms with Crippen molar-refractivity contribution < 1.29 is 0 Å². The van der Waals surface area contributed by atoms with Crippen LogP contribution >= 0.6 is 0 Å². The molecule has 0 unspecified atom stereocenters. The molecule has 4 heteroatoms. The molecule has 0 N–H and O–H groups in total. The van der Waals surface area contributed by atoms with E-state index in [4.69, 9.17) is 0 Å². The molecular formula is C17H20N4. The first kappa shape index (κ1) is 15.0. The minimum atomic E-state index is 0.775. The first-order valence-corrected chi connectivity index (χ1v) is 6.92. The highest BCUT2D eigenvalue weighted by molar-refractivity contribution is 5.97. The Bertz CT molecular complexity index is 627. The molecule has 21 heavy (non-hydrogen) atoms. The molecule has 0 aromatic carbocycles. The Labute approximate surface area is 125 Å². The van der Waals surface area contributed by atoms with Crippen molar-refractivity contribution in [3.63, 3.8) is 0 Å². The largest absolute Gasteiger partial charge is 0.291 e. The average Bonchev–Trinajstić information content (AvgIpc) is 2.53. The van der Waals surface area contributed by atoms with E-state index in [1.807, 2.05) is 44.3 Å². The van der Waals surface area contributed by atoms with E-state index in [1.165, 1.54) is 5.56 Å². The summed E-state index contributed by atoms with van der Waals surface area (Å²) in [4.78, 5) is 17.4. The van der Waals surface area contributed by atoms with Crippen LogP contribution in [0.2, 0.25) is 0 Å². The second-order valence-electron chi connectivity index (χ2n) is 4.86. The molecule has 0 fully saturated rings. The molecule has 0 aliphatic carbocycles. The molecule has 2 rings (SSSR count). The van der Waals surface area contributed by atoms with Crippen LogP contribution in [-0.2, 0) is 6.42 Å². The predicted octanol–water partition coefficient (Wildman–Crippen LogP) is 2.95. The minimum Gasteiger partial charge on any atom is -0.291 e. The van der Waals surface area contributed by atoms with E-state index < -0.39 is 0 Å². The first-order chi connectivity index (χ1) is 10.1. The van der Waals surface area contributed by atoms with Gasteiger partial charge in [-0.1, -0.05) is 6.07 Å². The smallest absolute Gasteiger partial charge is 0.0840 e. The minimum absolute atomic E-state index is 0.775. The molecule has 2 heterocycles. The van der Waals surface area contributed by atoms with E-state index in [1.54, 1.807) is 14.1 Å². The van der Waals surface area contributed by atoms with E-state index in [0.717, 1.165) is 34.9 Å². The summed E-state index contributed by atoms with van der Waals surface area (Å²) < 4.78 is 0. The molecule has 0 bridgehead atoms. The van der Waals surface area contributed by atoms with E-state index in [-0.39, 0.29) is 0 Å². The van der Waals surface area contributed by atoms with Crippen molar-refractivity contribution >= 4 is 11.4 Å². The Morgan fingerprint density at radius 3 is 2.43 bits per heavy atom. The number of rotatable bonds is 4. The van der Waals surface area contributed by atoms with Crippen molar-refractivity contribution in [2.75, 3.05) is 14.1 Å². The summed E-state index contributed by atoms with van der Waals surface area (Å²) in [5.74, 6) is 0. The molecule has 0 aliphatic rings. The number of aromatic nitrogens is 2. The van der Waals surface area contributed by atoms with Crippen LogP contribution in [0.1, 0.15) is 36.5 Å². The van der Waals surface area contributed by atoms with Gasteiger partial charge in [0.15, 0.2) is 0 Å². The third kappa shape index (κ3) is 3.81. The fraction of sp³-hybridized carbons (Fsp3) is 0.294. The van der Waals surface area contributed by atoms with Gasteiger partial charge in [-0.05, 0) is 43.7 Å². The summed E-state index contributed by atoms with van der Waals surface area (Å²) in [6, 6.07) is 10.1. The first-order valence-electron chi connectivity index (χ1n) is 6.92. The van der Waals surface area contributed by atoms with Gasteiger partial charge in [0.2, 0.25) is 0 Å². The second kappa shape index (κ2) is 6.88. The second-order valence-corrected chi connectivity index (χ2v) is 4.86. The molecule has 2 aromatic rings. The summed E-state index contributed by atoms with van der Waals surface area (Å²) in [5.41, 5.74) is 5.93. The fourth-order valence-electron chi connectivity index (χ4n) is 2.00. The number of aliphatic imine (C=N–C) groups is 2. The number of nitrogens with zero attached hydrogens (tertiary/aromatic N) is 4. The highest BCUT2D eigenvalue weighted by atomic mass is 14.8. The lowest BCUT2D eigenvalue weighted by Crippen LogP contribution is -2.03. The van der Waals surface area contributed by atoms with Gasteiger partial charge in [0.1, 0.15) is 0 Å². The monoisotopic (exact) mass is 280 g/mol. The Kier molecular flexibility index (Phi) is 4.93. The van der Waals surface area contributed by atoms with Crippen LogP contribution in [-0.4, -0.2) is 35.5 Å². The summed E-state index contributed by atoms with van der Waals surface area (Å²) >= 11 is 0. The molecule has 0 saturated carbocycles. The molecular weight excluding hydrogens is 260 g/mol.